The zero-order valence-electron chi connectivity index (χ0n) is 33.9. The Bertz CT molecular complexity index is 2580. The topological polar surface area (TPSA) is 648 Å². The van der Waals surface area contributed by atoms with Crippen molar-refractivity contribution in [3.05, 3.63) is 0 Å². The maximum Gasteiger partial charge on any atom is 0.397 e. The molecule has 41 nitrogen and oxygen atoms in total. The van der Waals surface area contributed by atoms with Gasteiger partial charge < -0.3 is 74.0 Å². The van der Waals surface area contributed by atoms with Gasteiger partial charge in [0.25, 0.3) is 0 Å². The number of carbonyl (C=O) groups is 2. The molecular weight excluding hydrogens is 1130 g/mol. The maximum atomic E-state index is 12.7. The van der Waals surface area contributed by atoms with E-state index in [9.17, 15) is 119 Å². The summed E-state index contributed by atoms with van der Waals surface area (Å²) >= 11 is 0. The van der Waals surface area contributed by atoms with Crippen molar-refractivity contribution in [3.63, 3.8) is 0 Å². The first-order chi connectivity index (χ1) is 32.1. The third-order valence-electron chi connectivity index (χ3n) is 9.59. The minimum absolute atomic E-state index is 1.22. The Kier molecular flexibility index (Phi) is 19.7. The molecule has 71 heavy (non-hydrogen) atoms. The lowest BCUT2D eigenvalue weighted by Crippen LogP contribution is -2.70. The average molecular weight is 1170 g/mol. The highest BCUT2D eigenvalue weighted by Crippen LogP contribution is 2.36. The predicted molar refractivity (Wildman–Crippen MR) is 202 cm³/mol. The van der Waals surface area contributed by atoms with E-state index in [1.165, 1.54) is 9.44 Å². The van der Waals surface area contributed by atoms with Gasteiger partial charge in [0.15, 0.2) is 49.6 Å². The summed E-state index contributed by atoms with van der Waals surface area (Å²) in [6.07, 6.45) is -50.4. The van der Waals surface area contributed by atoms with E-state index < -0.39 is 210 Å². The number of rotatable bonds is 22. The van der Waals surface area contributed by atoms with Crippen LogP contribution in [0.3, 0.4) is 0 Å². The molecule has 16 N–H and O–H groups in total. The molecule has 416 valence electrons. The molecule has 0 aromatic rings. The molecule has 0 spiro atoms. The van der Waals surface area contributed by atoms with Crippen LogP contribution in [0, 0.1) is 0 Å². The van der Waals surface area contributed by atoms with Gasteiger partial charge in [-0.3, -0.25) is 27.3 Å². The second-order valence-corrected chi connectivity index (χ2v) is 21.2. The molecule has 0 amide bonds. The van der Waals surface area contributed by atoms with E-state index in [1.807, 2.05) is 0 Å². The molecule has 0 bridgehead atoms. The molecule has 4 rings (SSSR count). The highest BCUT2D eigenvalue weighted by atomic mass is 32.3. The molecule has 20 atom stereocenters. The van der Waals surface area contributed by atoms with Gasteiger partial charge in [-0.25, -0.2) is 26.3 Å². The SMILES string of the molecule is O=C(O)C1OC(O)C(OS(=O)(=O)O)C(O)C1OC1OC(COS(=O)(=O)O)C(OC2OC(C(=O)O)C(OC3OC(COS(=O)(=O)O)C(O)C(O)C3NS(=O)(=O)O)C(O)C2OS(=O)(=O)O)C(O)C1NS(=O)(=O)O. The molecular formula is C24H40N2O39S6. The van der Waals surface area contributed by atoms with Gasteiger partial charge in [-0.05, 0) is 0 Å². The van der Waals surface area contributed by atoms with Gasteiger partial charge in [0, 0.05) is 0 Å². The van der Waals surface area contributed by atoms with E-state index in [1.54, 1.807) is 0 Å². The Labute approximate surface area is 396 Å². The molecule has 4 saturated heterocycles. The Morgan fingerprint density at radius 3 is 1.23 bits per heavy atom. The lowest BCUT2D eigenvalue weighted by atomic mass is 9.94. The molecule has 4 fully saturated rings. The van der Waals surface area contributed by atoms with E-state index >= 15 is 0 Å². The van der Waals surface area contributed by atoms with Gasteiger partial charge in [-0.1, -0.05) is 0 Å². The third-order valence-corrected chi connectivity index (χ3v) is 12.5. The summed E-state index contributed by atoms with van der Waals surface area (Å²) in [7, 11) is -34.2. The van der Waals surface area contributed by atoms with E-state index in [4.69, 9.17) is 37.5 Å². The fourth-order valence-electron chi connectivity index (χ4n) is 6.85. The van der Waals surface area contributed by atoms with Crippen LogP contribution in [0.2, 0.25) is 0 Å². The van der Waals surface area contributed by atoms with Crippen molar-refractivity contribution in [3.8, 4) is 0 Å². The molecule has 0 saturated carbocycles. The summed E-state index contributed by atoms with van der Waals surface area (Å²) in [6, 6.07) is -5.40. The van der Waals surface area contributed by atoms with E-state index in [0.29, 0.717) is 0 Å². The van der Waals surface area contributed by atoms with E-state index in [2.05, 4.69) is 21.5 Å². The standard InChI is InChI=1S/C24H40N2O39S6/c27-7-3(1-55-68(43,44)45)57-22(5(8(7)28)25-66(37,38)39)62-14-11(31)16(65-71(52,53)54)24(63-18(14)20(34)35)60-12-4(2-56-69(46,47)48)58-23(6(9(12)29)26-67(40,41)42)61-13-10(30)15(64-70(49,50)51)21(36)59-17(13)19(32)33/h3-18,21-31,36H,1-2H2,(H,32,33)(H,34,35)(H,37,38,39)(H,40,41,42)(H,43,44,45)(H,46,47,48)(H,49,50,51)(H,52,53,54). The summed E-state index contributed by atoms with van der Waals surface area (Å²) in [5.41, 5.74) is 0. The largest absolute Gasteiger partial charge is 0.479 e. The second kappa shape index (κ2) is 22.9. The molecule has 0 aromatic carbocycles. The minimum atomic E-state index is -6.05. The van der Waals surface area contributed by atoms with Crippen LogP contribution in [0.4, 0.5) is 0 Å². The van der Waals surface area contributed by atoms with Gasteiger partial charge in [0.2, 0.25) is 0 Å². The number of carboxylic acid groups (broad SMARTS) is 2. The quantitative estimate of drug-likeness (QED) is 0.0448. The normalized spacial score (nSPS) is 39.2. The van der Waals surface area contributed by atoms with Gasteiger partial charge >= 0.3 is 74.1 Å². The first-order valence-corrected chi connectivity index (χ1v) is 26.6. The van der Waals surface area contributed by atoms with E-state index in [0.717, 1.165) is 0 Å². The number of aliphatic hydroxyl groups is 6. The molecule has 20 unspecified atom stereocenters. The molecule has 47 heteroatoms. The van der Waals surface area contributed by atoms with Gasteiger partial charge in [-0.15, -0.1) is 0 Å². The molecule has 4 heterocycles. The number of aliphatic carboxylic acids is 2. The van der Waals surface area contributed by atoms with Crippen LogP contribution in [0.5, 0.6) is 0 Å². The maximum absolute atomic E-state index is 12.7. The Hall–Kier alpha value is -2.36. The summed E-state index contributed by atoms with van der Waals surface area (Å²) in [4.78, 5) is 24.7. The van der Waals surface area contributed by atoms with Crippen molar-refractivity contribution < 1.29 is 178 Å². The van der Waals surface area contributed by atoms with Crippen molar-refractivity contribution in [1.29, 1.82) is 0 Å². The molecule has 0 aromatic heterocycles. The van der Waals surface area contributed by atoms with Crippen LogP contribution in [0.15, 0.2) is 0 Å². The fourth-order valence-corrected chi connectivity index (χ4v) is 9.63. The number of ether oxygens (including phenoxy) is 7. The number of hydrogen-bond donors (Lipinski definition) is 16. The van der Waals surface area contributed by atoms with Crippen molar-refractivity contribution in [2.45, 2.75) is 123 Å². The monoisotopic (exact) mass is 1170 g/mol. The number of aliphatic hydroxyl groups excluding tert-OH is 6. The van der Waals surface area contributed by atoms with E-state index in [-0.39, 0.29) is 0 Å². The lowest BCUT2D eigenvalue weighted by molar-refractivity contribution is -0.366. The van der Waals surface area contributed by atoms with Crippen LogP contribution < -0.4 is 9.44 Å². The highest BCUT2D eigenvalue weighted by Gasteiger charge is 2.59. The minimum Gasteiger partial charge on any atom is -0.479 e. The third kappa shape index (κ3) is 17.3. The number of nitrogens with one attached hydrogen (secondary N) is 2. The Morgan fingerprint density at radius 1 is 0.423 bits per heavy atom. The average Bonchev–Trinajstić information content (AvgIpc) is 3.17. The predicted octanol–water partition coefficient (Wildman–Crippen LogP) is -11.5. The van der Waals surface area contributed by atoms with Gasteiger partial charge in [0.1, 0.15) is 73.1 Å². The van der Waals surface area contributed by atoms with Crippen molar-refractivity contribution in [2.75, 3.05) is 13.2 Å². The zero-order valence-corrected chi connectivity index (χ0v) is 38.8. The smallest absolute Gasteiger partial charge is 0.397 e. The van der Waals surface area contributed by atoms with Crippen LogP contribution in [0.1, 0.15) is 0 Å². The summed E-state index contributed by atoms with van der Waals surface area (Å²) in [6.45, 7) is -3.26. The second-order valence-electron chi connectivity index (χ2n) is 14.5. The lowest BCUT2D eigenvalue weighted by Gasteiger charge is -2.49. The van der Waals surface area contributed by atoms with Crippen LogP contribution in [-0.4, -0.2) is 267 Å². The molecule has 4 aliphatic rings. The first-order valence-electron chi connectivity index (χ1n) is 18.2. The Morgan fingerprint density at radius 2 is 0.803 bits per heavy atom. The molecule has 0 radical (unpaired) electrons. The summed E-state index contributed by atoms with van der Waals surface area (Å²) in [5.74, 6) is -4.58. The number of carboxylic acids is 2. The molecule has 4 aliphatic heterocycles. The molecule has 0 aliphatic carbocycles. The fraction of sp³-hybridized carbons (Fsp3) is 0.917. The van der Waals surface area contributed by atoms with Gasteiger partial charge in [-0.2, -0.15) is 60.0 Å². The van der Waals surface area contributed by atoms with Crippen molar-refractivity contribution in [2.24, 2.45) is 0 Å². The van der Waals surface area contributed by atoms with Crippen LogP contribution >= 0.6 is 0 Å². The highest BCUT2D eigenvalue weighted by molar-refractivity contribution is 7.84. The summed E-state index contributed by atoms with van der Waals surface area (Å²) < 4.78 is 252. The first kappa shape index (κ1) is 61.2. The zero-order chi connectivity index (χ0) is 54.3. The van der Waals surface area contributed by atoms with Crippen molar-refractivity contribution >= 4 is 74.1 Å². The Balaban J connectivity index is 1.80. The summed E-state index contributed by atoms with van der Waals surface area (Å²) in [5, 5.41) is 85.0. The number of hydrogen-bond acceptors (Lipinski definition) is 31. The van der Waals surface area contributed by atoms with Gasteiger partial charge in [0.05, 0.1) is 13.2 Å². The van der Waals surface area contributed by atoms with Crippen LogP contribution in [-0.2, 0) is 122 Å². The van der Waals surface area contributed by atoms with Crippen molar-refractivity contribution in [1.82, 2.24) is 9.44 Å². The van der Waals surface area contributed by atoms with Crippen LogP contribution in [0.25, 0.3) is 0 Å².